The van der Waals surface area contributed by atoms with Gasteiger partial charge < -0.3 is 10.1 Å². The summed E-state index contributed by atoms with van der Waals surface area (Å²) in [5.74, 6) is -5.42. The highest BCUT2D eigenvalue weighted by molar-refractivity contribution is 6.36. The number of rotatable bonds is 5. The number of hydrogen-bond donors (Lipinski definition) is 2. The Kier molecular flexibility index (Phi) is 6.61. The number of H-pyrrole nitrogens is 1. The van der Waals surface area contributed by atoms with Crippen LogP contribution in [-0.2, 0) is 6.18 Å². The number of aromatic amines is 1. The van der Waals surface area contributed by atoms with E-state index in [1.807, 2.05) is 0 Å². The second-order valence-electron chi connectivity index (χ2n) is 9.26. The number of nitrogens with one attached hydrogen (secondary N) is 2. The summed E-state index contributed by atoms with van der Waals surface area (Å²) >= 11 is 6.21. The van der Waals surface area contributed by atoms with Crippen LogP contribution in [0.25, 0.3) is 10.9 Å². The first kappa shape index (κ1) is 27.8. The van der Waals surface area contributed by atoms with Crippen molar-refractivity contribution in [3.8, 4) is 11.5 Å². The molecule has 2 N–H and O–H groups in total. The smallest absolute Gasteiger partial charge is 0.416 e. The van der Waals surface area contributed by atoms with Crippen LogP contribution in [0.15, 0.2) is 72.8 Å². The molecule has 0 spiro atoms. The number of hydrogen-bond acceptors (Lipinski definition) is 5. The number of ether oxygens (including phenoxy) is 1. The minimum absolute atomic E-state index is 0.0390. The van der Waals surface area contributed by atoms with Crippen LogP contribution < -0.4 is 15.0 Å². The monoisotopic (exact) mass is 612 g/mol. The van der Waals surface area contributed by atoms with Gasteiger partial charge in [-0.05, 0) is 54.6 Å². The van der Waals surface area contributed by atoms with E-state index in [4.69, 9.17) is 16.3 Å². The van der Waals surface area contributed by atoms with E-state index >= 15 is 0 Å². The number of nitrogens with zero attached hydrogens (tertiary/aromatic N) is 2. The molecule has 4 aromatic carbocycles. The topological polar surface area (TPSA) is 104 Å². The Morgan fingerprint density at radius 2 is 1.60 bits per heavy atom. The third kappa shape index (κ3) is 4.93. The molecule has 0 atom stereocenters. The van der Waals surface area contributed by atoms with Gasteiger partial charge in [-0.15, -0.1) is 0 Å². The molecular formula is C29H14ClF5N4O4. The molecule has 0 radical (unpaired) electrons. The molecule has 3 amide bonds. The molecule has 0 fully saturated rings. The van der Waals surface area contributed by atoms with Crippen molar-refractivity contribution < 1.29 is 41.1 Å². The summed E-state index contributed by atoms with van der Waals surface area (Å²) in [5.41, 5.74) is -1.87. The number of fused-ring (bicyclic) bond motifs is 2. The standard InChI is InChI=1S/C29H14ClF5N4O4/c30-19-6-5-15(31)12-22(19)43-24-21(36-26(40)13-9-14(29(33,34)35)11-16(32)10-13)8-7-20-23(24)25(38-37-20)39-27(41)17-3-1-2-4-18(17)28(39)42/h1-12H,(H,36,40)(H,37,38). The van der Waals surface area contributed by atoms with Gasteiger partial charge in [-0.25, -0.2) is 13.7 Å². The lowest BCUT2D eigenvalue weighted by Crippen LogP contribution is -2.30. The highest BCUT2D eigenvalue weighted by atomic mass is 35.5. The summed E-state index contributed by atoms with van der Waals surface area (Å²) in [5, 5.41) is 9.03. The number of aromatic nitrogens is 2. The SMILES string of the molecule is O=C(Nc1ccc2[nH]nc(N3C(=O)c4ccccc4C3=O)c2c1Oc1cc(F)ccc1Cl)c1cc(F)cc(C(F)(F)F)c1. The molecule has 0 saturated carbocycles. The predicted octanol–water partition coefficient (Wildman–Crippen LogP) is 7.36. The maximum atomic E-state index is 14.1. The summed E-state index contributed by atoms with van der Waals surface area (Å²) in [4.78, 5) is 40.4. The second kappa shape index (κ2) is 10.2. The average molecular weight is 613 g/mol. The average Bonchev–Trinajstić information content (AvgIpc) is 3.49. The van der Waals surface area contributed by atoms with E-state index in [9.17, 15) is 36.3 Å². The quantitative estimate of drug-likeness (QED) is 0.159. The van der Waals surface area contributed by atoms with E-state index in [0.29, 0.717) is 12.1 Å². The number of amides is 3. The van der Waals surface area contributed by atoms with Gasteiger partial charge in [0, 0.05) is 11.6 Å². The Balaban J connectivity index is 1.50. The summed E-state index contributed by atoms with van der Waals surface area (Å²) in [6.45, 7) is 0. The molecule has 8 nitrogen and oxygen atoms in total. The molecule has 1 aliphatic rings. The number of benzene rings is 4. The lowest BCUT2D eigenvalue weighted by molar-refractivity contribution is -0.137. The second-order valence-corrected chi connectivity index (χ2v) is 9.67. The Hall–Kier alpha value is -5.30. The predicted molar refractivity (Wildman–Crippen MR) is 145 cm³/mol. The third-order valence-corrected chi connectivity index (χ3v) is 6.82. The number of carbonyl (C=O) groups excluding carboxylic acids is 3. The Bertz CT molecular complexity index is 1960. The zero-order valence-corrected chi connectivity index (χ0v) is 22.0. The highest BCUT2D eigenvalue weighted by Crippen LogP contribution is 2.44. The molecule has 0 saturated heterocycles. The number of anilines is 2. The molecule has 5 aromatic rings. The van der Waals surface area contributed by atoms with Crippen molar-refractivity contribution in [3.05, 3.63) is 112 Å². The van der Waals surface area contributed by atoms with E-state index < -0.39 is 46.7 Å². The fourth-order valence-electron chi connectivity index (χ4n) is 4.56. The maximum absolute atomic E-state index is 14.1. The van der Waals surface area contributed by atoms with Crippen LogP contribution in [0.2, 0.25) is 5.02 Å². The highest BCUT2D eigenvalue weighted by Gasteiger charge is 2.39. The Labute approximate surface area is 242 Å². The van der Waals surface area contributed by atoms with Crippen LogP contribution in [-0.4, -0.2) is 27.9 Å². The van der Waals surface area contributed by atoms with Gasteiger partial charge in [0.15, 0.2) is 11.6 Å². The molecule has 14 heteroatoms. The lowest BCUT2D eigenvalue weighted by Gasteiger charge is -2.17. The van der Waals surface area contributed by atoms with Gasteiger partial charge in [0.2, 0.25) is 0 Å². The van der Waals surface area contributed by atoms with Gasteiger partial charge in [-0.1, -0.05) is 23.7 Å². The van der Waals surface area contributed by atoms with Gasteiger partial charge >= 0.3 is 6.18 Å². The third-order valence-electron chi connectivity index (χ3n) is 6.51. The van der Waals surface area contributed by atoms with Crippen LogP contribution in [0.5, 0.6) is 11.5 Å². The van der Waals surface area contributed by atoms with Crippen LogP contribution in [0.1, 0.15) is 36.6 Å². The largest absolute Gasteiger partial charge is 0.453 e. The molecule has 0 unspecified atom stereocenters. The summed E-state index contributed by atoms with van der Waals surface area (Å²) in [7, 11) is 0. The molecule has 0 aliphatic carbocycles. The van der Waals surface area contributed by atoms with Crippen molar-refractivity contribution >= 4 is 51.7 Å². The molecule has 1 aromatic heterocycles. The zero-order valence-electron chi connectivity index (χ0n) is 21.2. The summed E-state index contributed by atoms with van der Waals surface area (Å²) < 4.78 is 73.9. The zero-order chi connectivity index (χ0) is 30.6. The molecule has 2 heterocycles. The first-order valence-electron chi connectivity index (χ1n) is 12.2. The van der Waals surface area contributed by atoms with Crippen LogP contribution in [0.4, 0.5) is 33.5 Å². The Morgan fingerprint density at radius 3 is 2.28 bits per heavy atom. The number of alkyl halides is 3. The normalized spacial score (nSPS) is 13.0. The van der Waals surface area contributed by atoms with Crippen molar-refractivity contribution in [2.24, 2.45) is 0 Å². The molecular weight excluding hydrogens is 599 g/mol. The molecule has 216 valence electrons. The van der Waals surface area contributed by atoms with E-state index in [-0.39, 0.29) is 56.1 Å². The van der Waals surface area contributed by atoms with Crippen molar-refractivity contribution in [1.82, 2.24) is 10.2 Å². The fraction of sp³-hybridized carbons (Fsp3) is 0.0345. The molecule has 43 heavy (non-hydrogen) atoms. The van der Waals surface area contributed by atoms with E-state index in [0.717, 1.165) is 17.0 Å². The van der Waals surface area contributed by atoms with Crippen LogP contribution in [0, 0.1) is 11.6 Å². The Morgan fingerprint density at radius 1 is 0.907 bits per heavy atom. The van der Waals surface area contributed by atoms with Crippen molar-refractivity contribution in [3.63, 3.8) is 0 Å². The van der Waals surface area contributed by atoms with E-state index in [1.165, 1.54) is 30.3 Å². The molecule has 6 rings (SSSR count). The number of imide groups is 1. The first-order valence-corrected chi connectivity index (χ1v) is 12.6. The van der Waals surface area contributed by atoms with Crippen molar-refractivity contribution in [2.75, 3.05) is 10.2 Å². The van der Waals surface area contributed by atoms with Gasteiger partial charge in [0.1, 0.15) is 17.4 Å². The maximum Gasteiger partial charge on any atom is 0.416 e. The summed E-state index contributed by atoms with van der Waals surface area (Å²) in [6.07, 6.45) is -4.93. The van der Waals surface area contributed by atoms with Gasteiger partial charge in [-0.3, -0.25) is 19.5 Å². The molecule has 0 bridgehead atoms. The first-order chi connectivity index (χ1) is 20.4. The minimum atomic E-state index is -4.93. The van der Waals surface area contributed by atoms with Crippen molar-refractivity contribution in [1.29, 1.82) is 0 Å². The van der Waals surface area contributed by atoms with E-state index in [1.54, 1.807) is 12.1 Å². The van der Waals surface area contributed by atoms with Crippen molar-refractivity contribution in [2.45, 2.75) is 6.18 Å². The summed E-state index contributed by atoms with van der Waals surface area (Å²) in [6, 6.07) is 13.2. The van der Waals surface area contributed by atoms with Gasteiger partial charge in [-0.2, -0.15) is 18.3 Å². The minimum Gasteiger partial charge on any atom is -0.453 e. The van der Waals surface area contributed by atoms with E-state index in [2.05, 4.69) is 15.5 Å². The van der Waals surface area contributed by atoms with Crippen LogP contribution in [0.3, 0.4) is 0 Å². The molecule has 1 aliphatic heterocycles. The van der Waals surface area contributed by atoms with Gasteiger partial charge in [0.05, 0.1) is 38.3 Å². The van der Waals surface area contributed by atoms with Crippen LogP contribution >= 0.6 is 11.6 Å². The fourth-order valence-corrected chi connectivity index (χ4v) is 4.72. The lowest BCUT2D eigenvalue weighted by atomic mass is 10.1. The van der Waals surface area contributed by atoms with Gasteiger partial charge in [0.25, 0.3) is 17.7 Å². The number of carbonyl (C=O) groups is 3. The number of halogens is 6.